The van der Waals surface area contributed by atoms with Crippen molar-refractivity contribution in [1.82, 2.24) is 0 Å². The van der Waals surface area contributed by atoms with E-state index < -0.39 is 6.10 Å². The third kappa shape index (κ3) is 64.8. The molecule has 0 aliphatic carbocycles. The summed E-state index contributed by atoms with van der Waals surface area (Å²) in [6.45, 7) is 4.05. The average Bonchev–Trinajstić information content (AvgIpc) is 3.44. The molecule has 0 fully saturated rings. The van der Waals surface area contributed by atoms with Crippen molar-refractivity contribution in [3.63, 3.8) is 0 Å². The fraction of sp³-hybridized carbons (Fsp3) is 0.699. The Bertz CT molecular complexity index is 1550. The van der Waals surface area contributed by atoms with E-state index in [9.17, 15) is 14.7 Å². The summed E-state index contributed by atoms with van der Waals surface area (Å²) in [5.74, 6) is -0.589. The van der Waals surface area contributed by atoms with E-state index in [0.717, 1.165) is 96.3 Å². The molecule has 0 amide bonds. The highest BCUT2D eigenvalue weighted by atomic mass is 16.6. The molecule has 0 rings (SSSR count). The summed E-state index contributed by atoms with van der Waals surface area (Å²) in [6.07, 6.45) is 99.2. The van der Waals surface area contributed by atoms with Crippen LogP contribution >= 0.6 is 0 Å². The highest BCUT2D eigenvalue weighted by Gasteiger charge is 2.16. The zero-order valence-corrected chi connectivity index (χ0v) is 51.1. The summed E-state index contributed by atoms with van der Waals surface area (Å²) in [4.78, 5) is 24.6. The van der Waals surface area contributed by atoms with Crippen LogP contribution in [0, 0.1) is 0 Å². The van der Waals surface area contributed by atoms with Crippen molar-refractivity contribution in [2.45, 2.75) is 315 Å². The Hall–Kier alpha value is -3.70. The van der Waals surface area contributed by atoms with Crippen LogP contribution < -0.4 is 0 Å². The van der Waals surface area contributed by atoms with Gasteiger partial charge >= 0.3 is 11.9 Å². The Labute approximate surface area is 483 Å². The van der Waals surface area contributed by atoms with Crippen LogP contribution in [0.2, 0.25) is 0 Å². The van der Waals surface area contributed by atoms with Crippen LogP contribution in [0.1, 0.15) is 309 Å². The highest BCUT2D eigenvalue weighted by molar-refractivity contribution is 5.70. The van der Waals surface area contributed by atoms with Crippen LogP contribution in [0.4, 0.5) is 0 Å². The van der Waals surface area contributed by atoms with E-state index in [4.69, 9.17) is 9.47 Å². The lowest BCUT2D eigenvalue weighted by Gasteiger charge is -2.15. The van der Waals surface area contributed by atoms with Gasteiger partial charge in [-0.05, 0) is 109 Å². The largest absolute Gasteiger partial charge is 0.462 e. The number of allylic oxidation sites excluding steroid dienone is 20. The molecule has 0 aromatic heterocycles. The van der Waals surface area contributed by atoms with Crippen molar-refractivity contribution in [3.05, 3.63) is 122 Å². The molecule has 1 N–H and O–H groups in total. The number of aliphatic hydroxyl groups is 1. The lowest BCUT2D eigenvalue weighted by Crippen LogP contribution is -2.28. The SMILES string of the molecule is CC/C=C\C/C=C\C/C=C\C/C=C\C/C=C\C/C=C\C/C=C\C/C=C\C/C=C\CCCCCCCCCCCCCC(=O)OC(CO)COC(=O)CCCCCCCCCCCCCCC/C=C\CCCCCCCCCC. The minimum Gasteiger partial charge on any atom is -0.462 e. The molecule has 78 heavy (non-hydrogen) atoms. The number of esters is 2. The maximum Gasteiger partial charge on any atom is 0.306 e. The topological polar surface area (TPSA) is 72.8 Å². The van der Waals surface area contributed by atoms with Crippen molar-refractivity contribution in [3.8, 4) is 0 Å². The third-order valence-corrected chi connectivity index (χ3v) is 14.2. The van der Waals surface area contributed by atoms with Crippen LogP contribution in [-0.4, -0.2) is 36.4 Å². The second-order valence-corrected chi connectivity index (χ2v) is 21.8. The molecule has 0 saturated carbocycles. The van der Waals surface area contributed by atoms with Gasteiger partial charge in [0.15, 0.2) is 6.10 Å². The lowest BCUT2D eigenvalue weighted by atomic mass is 10.0. The zero-order valence-electron chi connectivity index (χ0n) is 51.1. The molecule has 0 aliphatic heterocycles. The molecule has 0 bridgehead atoms. The van der Waals surface area contributed by atoms with Gasteiger partial charge in [-0.1, -0.05) is 309 Å². The van der Waals surface area contributed by atoms with Gasteiger partial charge in [0, 0.05) is 12.8 Å². The fourth-order valence-electron chi connectivity index (χ4n) is 9.31. The van der Waals surface area contributed by atoms with E-state index in [1.54, 1.807) is 0 Å². The van der Waals surface area contributed by atoms with Crippen LogP contribution in [-0.2, 0) is 19.1 Å². The van der Waals surface area contributed by atoms with Crippen LogP contribution in [0.15, 0.2) is 122 Å². The predicted molar refractivity (Wildman–Crippen MR) is 343 cm³/mol. The van der Waals surface area contributed by atoms with Crippen molar-refractivity contribution in [2.75, 3.05) is 13.2 Å². The first-order chi connectivity index (χ1) is 38.6. The van der Waals surface area contributed by atoms with Gasteiger partial charge in [-0.25, -0.2) is 0 Å². The van der Waals surface area contributed by atoms with Crippen LogP contribution in [0.5, 0.6) is 0 Å². The molecular formula is C73H124O5. The quantitative estimate of drug-likeness (QED) is 0.0373. The monoisotopic (exact) mass is 1080 g/mol. The minimum absolute atomic E-state index is 0.0699. The second-order valence-electron chi connectivity index (χ2n) is 21.8. The number of rotatable bonds is 60. The summed E-state index contributed by atoms with van der Waals surface area (Å²) in [5, 5.41) is 9.69. The number of aliphatic hydroxyl groups excluding tert-OH is 1. The minimum atomic E-state index is -0.781. The maximum atomic E-state index is 12.4. The molecule has 1 unspecified atom stereocenters. The van der Waals surface area contributed by atoms with Crippen molar-refractivity contribution < 1.29 is 24.2 Å². The van der Waals surface area contributed by atoms with Gasteiger partial charge in [-0.2, -0.15) is 0 Å². The molecule has 0 aromatic rings. The van der Waals surface area contributed by atoms with Crippen molar-refractivity contribution >= 4 is 11.9 Å². The lowest BCUT2D eigenvalue weighted by molar-refractivity contribution is -0.161. The molecule has 0 saturated heterocycles. The molecule has 5 heteroatoms. The van der Waals surface area contributed by atoms with Gasteiger partial charge in [-0.15, -0.1) is 0 Å². The van der Waals surface area contributed by atoms with E-state index >= 15 is 0 Å². The summed E-state index contributed by atoms with van der Waals surface area (Å²) < 4.78 is 10.7. The van der Waals surface area contributed by atoms with Crippen LogP contribution in [0.25, 0.3) is 0 Å². The first-order valence-corrected chi connectivity index (χ1v) is 33.1. The average molecular weight is 1080 g/mol. The van der Waals surface area contributed by atoms with Gasteiger partial charge in [0.2, 0.25) is 0 Å². The van der Waals surface area contributed by atoms with Gasteiger partial charge in [0.25, 0.3) is 0 Å². The molecule has 0 heterocycles. The van der Waals surface area contributed by atoms with E-state index in [1.807, 2.05) is 0 Å². The molecule has 5 nitrogen and oxygen atoms in total. The van der Waals surface area contributed by atoms with E-state index in [-0.39, 0.29) is 25.2 Å². The number of carbonyl (C=O) groups excluding carboxylic acids is 2. The molecule has 1 atom stereocenters. The Morgan fingerprint density at radius 1 is 0.308 bits per heavy atom. The Balaban J connectivity index is 3.53. The molecule has 0 aliphatic rings. The van der Waals surface area contributed by atoms with E-state index in [2.05, 4.69) is 135 Å². The summed E-state index contributed by atoms with van der Waals surface area (Å²) in [7, 11) is 0. The van der Waals surface area contributed by atoms with Crippen molar-refractivity contribution in [2.24, 2.45) is 0 Å². The Morgan fingerprint density at radius 3 is 0.846 bits per heavy atom. The summed E-state index contributed by atoms with van der Waals surface area (Å²) >= 11 is 0. The number of carbonyl (C=O) groups is 2. The standard InChI is InChI=1S/C73H124O5/c1-3-5-7-9-11-13-15-17-19-21-23-25-27-29-30-31-32-33-34-35-36-37-38-39-40-41-42-44-46-48-50-52-54-56-58-60-62-64-66-68-73(76)78-71(69-74)70-77-72(75)67-65-63-61-59-57-55-53-51-49-47-45-43-28-26-24-22-20-18-16-14-12-10-8-6-4-2/h5,7,11,13,17,19,22-25,29-30,32-33,35-36,38-39,41-42,71,74H,3-4,6,8-10,12,14-16,18,20-21,26-28,31,34,37,40,43-70H2,1-2H3/b7-5-,13-11-,19-17-,24-22-,25-23-,30-29-,33-32-,36-35-,39-38-,42-41-. The van der Waals surface area contributed by atoms with Gasteiger partial charge in [0.1, 0.15) is 6.61 Å². The van der Waals surface area contributed by atoms with Gasteiger partial charge in [0.05, 0.1) is 6.61 Å². The fourth-order valence-corrected chi connectivity index (χ4v) is 9.31. The highest BCUT2D eigenvalue weighted by Crippen LogP contribution is 2.16. The molecular weight excluding hydrogens is 957 g/mol. The van der Waals surface area contributed by atoms with Crippen molar-refractivity contribution in [1.29, 1.82) is 0 Å². The van der Waals surface area contributed by atoms with Gasteiger partial charge < -0.3 is 14.6 Å². The first kappa shape index (κ1) is 74.3. The molecule has 0 aromatic carbocycles. The van der Waals surface area contributed by atoms with E-state index in [0.29, 0.717) is 12.8 Å². The maximum absolute atomic E-state index is 12.4. The number of unbranched alkanes of at least 4 members (excludes halogenated alkanes) is 32. The van der Waals surface area contributed by atoms with E-state index in [1.165, 1.54) is 186 Å². The number of hydrogen-bond donors (Lipinski definition) is 1. The first-order valence-electron chi connectivity index (χ1n) is 33.1. The predicted octanol–water partition coefficient (Wildman–Crippen LogP) is 23.0. The van der Waals surface area contributed by atoms with Crippen LogP contribution in [0.3, 0.4) is 0 Å². The summed E-state index contributed by atoms with van der Waals surface area (Å²) in [5.41, 5.74) is 0. The molecule has 0 radical (unpaired) electrons. The summed E-state index contributed by atoms with van der Waals surface area (Å²) in [6, 6.07) is 0. The number of hydrogen-bond acceptors (Lipinski definition) is 5. The Kier molecular flexibility index (Phi) is 64.4. The van der Waals surface area contributed by atoms with Gasteiger partial charge in [-0.3, -0.25) is 9.59 Å². The second kappa shape index (κ2) is 67.6. The normalized spacial score (nSPS) is 13.0. The third-order valence-electron chi connectivity index (χ3n) is 14.2. The molecule has 446 valence electrons. The zero-order chi connectivity index (χ0) is 56.2. The molecule has 0 spiro atoms. The smallest absolute Gasteiger partial charge is 0.306 e. The number of ether oxygens (including phenoxy) is 2. The Morgan fingerprint density at radius 2 is 0.551 bits per heavy atom.